The second-order valence-electron chi connectivity index (χ2n) is 3.66. The van der Waals surface area contributed by atoms with Crippen molar-refractivity contribution in [1.29, 1.82) is 0 Å². The fourth-order valence-corrected chi connectivity index (χ4v) is 2.03. The van der Waals surface area contributed by atoms with Crippen LogP contribution < -0.4 is 5.73 Å². The minimum atomic E-state index is 0.281. The van der Waals surface area contributed by atoms with E-state index in [9.17, 15) is 0 Å². The highest BCUT2D eigenvalue weighted by Crippen LogP contribution is 2.36. The first-order valence-corrected chi connectivity index (χ1v) is 3.75. The normalized spacial score (nSPS) is 38.4. The van der Waals surface area contributed by atoms with Gasteiger partial charge < -0.3 is 15.4 Å². The van der Waals surface area contributed by atoms with Gasteiger partial charge in [0, 0.05) is 24.5 Å². The maximum absolute atomic E-state index is 5.89. The molecule has 0 bridgehead atoms. The van der Waals surface area contributed by atoms with Crippen molar-refractivity contribution in [3.8, 4) is 0 Å². The molecule has 2 rings (SSSR count). The van der Waals surface area contributed by atoms with Crippen LogP contribution in [-0.2, 0) is 4.74 Å². The zero-order chi connectivity index (χ0) is 7.19. The van der Waals surface area contributed by atoms with E-state index in [0.29, 0.717) is 5.41 Å². The smallest absolute Gasteiger partial charge is 0.0625 e. The molecule has 3 nitrogen and oxygen atoms in total. The van der Waals surface area contributed by atoms with Crippen LogP contribution in [0.15, 0.2) is 0 Å². The fraction of sp³-hybridized carbons (Fsp3) is 1.00. The summed E-state index contributed by atoms with van der Waals surface area (Å²) in [5.74, 6) is 0. The maximum atomic E-state index is 5.89. The molecule has 0 radical (unpaired) electrons. The molecule has 0 aromatic carbocycles. The van der Waals surface area contributed by atoms with E-state index in [4.69, 9.17) is 10.5 Å². The average Bonchev–Trinajstić information content (AvgIpc) is 2.12. The average molecular weight is 142 g/mol. The number of nitrogens with two attached hydrogens (primary N) is 1. The Hall–Kier alpha value is -0.120. The summed E-state index contributed by atoms with van der Waals surface area (Å²) in [5, 5.41) is 0. The Balaban J connectivity index is 2.03. The molecule has 0 aromatic heterocycles. The van der Waals surface area contributed by atoms with Crippen LogP contribution in [0.2, 0.25) is 0 Å². The van der Waals surface area contributed by atoms with Crippen molar-refractivity contribution in [2.75, 3.05) is 33.4 Å². The second-order valence-corrected chi connectivity index (χ2v) is 3.66. The highest BCUT2D eigenvalue weighted by molar-refractivity contribution is 5.03. The fourth-order valence-electron chi connectivity index (χ4n) is 2.03. The van der Waals surface area contributed by atoms with Crippen LogP contribution in [0.1, 0.15) is 0 Å². The first kappa shape index (κ1) is 6.58. The lowest BCUT2D eigenvalue weighted by Gasteiger charge is -2.47. The van der Waals surface area contributed by atoms with E-state index < -0.39 is 0 Å². The van der Waals surface area contributed by atoms with Crippen LogP contribution in [0, 0.1) is 5.41 Å². The molecule has 0 amide bonds. The first-order chi connectivity index (χ1) is 4.73. The third kappa shape index (κ3) is 0.713. The van der Waals surface area contributed by atoms with Gasteiger partial charge in [0.25, 0.3) is 0 Å². The number of likely N-dealkylation sites (tertiary alicyclic amines) is 1. The van der Waals surface area contributed by atoms with Crippen LogP contribution in [0.25, 0.3) is 0 Å². The van der Waals surface area contributed by atoms with Gasteiger partial charge in [-0.05, 0) is 7.05 Å². The Labute approximate surface area is 61.1 Å². The summed E-state index contributed by atoms with van der Waals surface area (Å²) in [6, 6.07) is 0.281. The van der Waals surface area contributed by atoms with Crippen molar-refractivity contribution in [2.45, 2.75) is 6.04 Å². The first-order valence-electron chi connectivity index (χ1n) is 3.75. The molecule has 0 saturated carbocycles. The van der Waals surface area contributed by atoms with Gasteiger partial charge in [-0.3, -0.25) is 0 Å². The molecule has 10 heavy (non-hydrogen) atoms. The van der Waals surface area contributed by atoms with Crippen molar-refractivity contribution in [1.82, 2.24) is 4.90 Å². The van der Waals surface area contributed by atoms with Gasteiger partial charge in [0.1, 0.15) is 0 Å². The molecule has 1 spiro atoms. The molecule has 1 unspecified atom stereocenters. The lowest BCUT2D eigenvalue weighted by atomic mass is 9.76. The molecule has 3 heteroatoms. The molecule has 1 atom stereocenters. The topological polar surface area (TPSA) is 38.5 Å². The highest BCUT2D eigenvalue weighted by Gasteiger charge is 2.49. The summed E-state index contributed by atoms with van der Waals surface area (Å²) in [7, 11) is 2.12. The van der Waals surface area contributed by atoms with E-state index in [1.165, 1.54) is 0 Å². The van der Waals surface area contributed by atoms with Crippen molar-refractivity contribution in [3.63, 3.8) is 0 Å². The van der Waals surface area contributed by atoms with E-state index in [0.717, 1.165) is 26.3 Å². The Morgan fingerprint density at radius 1 is 1.60 bits per heavy atom. The number of rotatable bonds is 0. The Morgan fingerprint density at radius 2 is 2.30 bits per heavy atom. The summed E-state index contributed by atoms with van der Waals surface area (Å²) in [4.78, 5) is 2.29. The molecule has 0 aromatic rings. The molecular formula is C7H14N2O. The van der Waals surface area contributed by atoms with Gasteiger partial charge in [-0.1, -0.05) is 0 Å². The zero-order valence-electron chi connectivity index (χ0n) is 6.34. The number of nitrogens with zero attached hydrogens (tertiary/aromatic N) is 1. The van der Waals surface area contributed by atoms with Crippen molar-refractivity contribution < 1.29 is 4.74 Å². The summed E-state index contributed by atoms with van der Waals surface area (Å²) in [6.45, 7) is 3.87. The van der Waals surface area contributed by atoms with Crippen LogP contribution in [0.4, 0.5) is 0 Å². The standard InChI is InChI=1S/C7H14N2O/c1-9-3-7(4-9)5-10-2-6(7)8/h6H,2-5,8H2,1H3. The van der Waals surface area contributed by atoms with E-state index in [-0.39, 0.29) is 6.04 Å². The third-order valence-corrected chi connectivity index (χ3v) is 2.64. The molecule has 2 aliphatic heterocycles. The van der Waals surface area contributed by atoms with E-state index >= 15 is 0 Å². The number of hydrogen-bond acceptors (Lipinski definition) is 3. The molecule has 2 fully saturated rings. The molecule has 2 saturated heterocycles. The van der Waals surface area contributed by atoms with E-state index in [1.807, 2.05) is 0 Å². The lowest BCUT2D eigenvalue weighted by Crippen LogP contribution is -2.62. The van der Waals surface area contributed by atoms with Crippen molar-refractivity contribution >= 4 is 0 Å². The predicted molar refractivity (Wildman–Crippen MR) is 38.7 cm³/mol. The largest absolute Gasteiger partial charge is 0.379 e. The van der Waals surface area contributed by atoms with Gasteiger partial charge in [-0.25, -0.2) is 0 Å². The molecule has 58 valence electrons. The van der Waals surface area contributed by atoms with Gasteiger partial charge in [-0.2, -0.15) is 0 Å². The number of ether oxygens (including phenoxy) is 1. The quantitative estimate of drug-likeness (QED) is 0.485. The monoisotopic (exact) mass is 142 g/mol. The zero-order valence-corrected chi connectivity index (χ0v) is 6.34. The Morgan fingerprint density at radius 3 is 2.70 bits per heavy atom. The van der Waals surface area contributed by atoms with Crippen LogP contribution >= 0.6 is 0 Å². The molecular weight excluding hydrogens is 128 g/mol. The molecule has 2 aliphatic rings. The number of hydrogen-bond donors (Lipinski definition) is 1. The van der Waals surface area contributed by atoms with E-state index in [1.54, 1.807) is 0 Å². The Kier molecular flexibility index (Phi) is 1.27. The van der Waals surface area contributed by atoms with Crippen LogP contribution in [0.3, 0.4) is 0 Å². The SMILES string of the molecule is CN1CC2(COCC2N)C1. The van der Waals surface area contributed by atoms with Crippen LogP contribution in [-0.4, -0.2) is 44.3 Å². The summed E-state index contributed by atoms with van der Waals surface area (Å²) >= 11 is 0. The van der Waals surface area contributed by atoms with Gasteiger partial charge in [0.15, 0.2) is 0 Å². The second kappa shape index (κ2) is 1.94. The third-order valence-electron chi connectivity index (χ3n) is 2.64. The summed E-state index contributed by atoms with van der Waals surface area (Å²) in [6.07, 6.45) is 0. The van der Waals surface area contributed by atoms with Gasteiger partial charge in [0.2, 0.25) is 0 Å². The lowest BCUT2D eigenvalue weighted by molar-refractivity contribution is 0.00490. The minimum absolute atomic E-state index is 0.281. The van der Waals surface area contributed by atoms with Gasteiger partial charge >= 0.3 is 0 Å². The molecule has 2 heterocycles. The predicted octanol–water partition coefficient (Wildman–Crippen LogP) is -0.724. The van der Waals surface area contributed by atoms with Crippen molar-refractivity contribution in [2.24, 2.45) is 11.1 Å². The molecule has 0 aliphatic carbocycles. The molecule has 2 N–H and O–H groups in total. The van der Waals surface area contributed by atoms with Gasteiger partial charge in [0.05, 0.1) is 13.2 Å². The minimum Gasteiger partial charge on any atom is -0.379 e. The van der Waals surface area contributed by atoms with E-state index in [2.05, 4.69) is 11.9 Å². The highest BCUT2D eigenvalue weighted by atomic mass is 16.5. The summed E-state index contributed by atoms with van der Waals surface area (Å²) in [5.41, 5.74) is 6.21. The maximum Gasteiger partial charge on any atom is 0.0625 e. The Bertz CT molecular complexity index is 143. The summed E-state index contributed by atoms with van der Waals surface area (Å²) < 4.78 is 5.31. The van der Waals surface area contributed by atoms with Gasteiger partial charge in [-0.15, -0.1) is 0 Å². The van der Waals surface area contributed by atoms with Crippen LogP contribution in [0.5, 0.6) is 0 Å². The van der Waals surface area contributed by atoms with Crippen molar-refractivity contribution in [3.05, 3.63) is 0 Å².